The summed E-state index contributed by atoms with van der Waals surface area (Å²) in [7, 11) is 0. The van der Waals surface area contributed by atoms with Gasteiger partial charge >= 0.3 is 0 Å². The molecule has 64 valence electrons. The molecule has 0 aromatic carbocycles. The predicted octanol–water partition coefficient (Wildman–Crippen LogP) is -0.168. The van der Waals surface area contributed by atoms with Gasteiger partial charge in [-0.1, -0.05) is 0 Å². The quantitative estimate of drug-likeness (QED) is 0.297. The smallest absolute Gasteiger partial charge is 0.185 e. The number of aliphatic hydroxyl groups excluding tert-OH is 3. The minimum atomic E-state index is -0.501. The highest BCUT2D eigenvalue weighted by molar-refractivity contribution is 5.04. The molecule has 0 spiro atoms. The van der Waals surface area contributed by atoms with Crippen LogP contribution in [-0.4, -0.2) is 28.9 Å². The monoisotopic (exact) mass is 162 g/mol. The van der Waals surface area contributed by atoms with Gasteiger partial charge in [0.15, 0.2) is 19.3 Å². The van der Waals surface area contributed by atoms with E-state index >= 15 is 0 Å². The maximum Gasteiger partial charge on any atom is 0.185 e. The second-order valence-corrected chi connectivity index (χ2v) is 1.44. The highest BCUT2D eigenvalue weighted by Gasteiger charge is 1.83. The molecule has 0 amide bonds. The summed E-state index contributed by atoms with van der Waals surface area (Å²) in [4.78, 5) is 0. The summed E-state index contributed by atoms with van der Waals surface area (Å²) in [6, 6.07) is 0. The van der Waals surface area contributed by atoms with Gasteiger partial charge in [-0.05, 0) is 0 Å². The van der Waals surface area contributed by atoms with Gasteiger partial charge in [-0.2, -0.15) is 0 Å². The van der Waals surface area contributed by atoms with Crippen LogP contribution in [0.15, 0.2) is 24.4 Å². The fourth-order valence-electron chi connectivity index (χ4n) is 0.323. The lowest BCUT2D eigenvalue weighted by atomic mass is 10.5. The maximum absolute atomic E-state index is 8.78. The standard InChI is InChI=1S/C6H10O5/c7-4-10-2-1-6(9)3-11-5-8/h1-3,7-9H,4-5H2. The number of allylic oxidation sites excluding steroid dienone is 1. The highest BCUT2D eigenvalue weighted by Crippen LogP contribution is 1.91. The zero-order valence-corrected chi connectivity index (χ0v) is 5.80. The Balaban J connectivity index is 3.56. The Labute approximate surface area is 63.8 Å². The summed E-state index contributed by atoms with van der Waals surface area (Å²) >= 11 is 0. The van der Waals surface area contributed by atoms with Crippen LogP contribution in [0.25, 0.3) is 0 Å². The van der Waals surface area contributed by atoms with Crippen LogP contribution >= 0.6 is 0 Å². The van der Waals surface area contributed by atoms with E-state index < -0.39 is 13.6 Å². The van der Waals surface area contributed by atoms with Gasteiger partial charge in [0.05, 0.1) is 6.26 Å². The average molecular weight is 162 g/mol. The van der Waals surface area contributed by atoms with E-state index in [2.05, 4.69) is 9.47 Å². The first-order valence-corrected chi connectivity index (χ1v) is 2.82. The van der Waals surface area contributed by atoms with Crippen LogP contribution in [0.3, 0.4) is 0 Å². The van der Waals surface area contributed by atoms with E-state index in [0.717, 1.165) is 18.6 Å². The van der Waals surface area contributed by atoms with Crippen molar-refractivity contribution >= 4 is 0 Å². The average Bonchev–Trinajstić information content (AvgIpc) is 2.01. The van der Waals surface area contributed by atoms with Gasteiger partial charge in [-0.15, -0.1) is 0 Å². The predicted molar refractivity (Wildman–Crippen MR) is 36.2 cm³/mol. The van der Waals surface area contributed by atoms with Crippen molar-refractivity contribution in [2.45, 2.75) is 0 Å². The van der Waals surface area contributed by atoms with Crippen molar-refractivity contribution in [2.24, 2.45) is 0 Å². The van der Waals surface area contributed by atoms with Crippen LogP contribution in [0.5, 0.6) is 0 Å². The number of aliphatic hydroxyl groups is 3. The number of hydrogen-bond acceptors (Lipinski definition) is 5. The molecule has 0 aliphatic rings. The van der Waals surface area contributed by atoms with Crippen molar-refractivity contribution in [3.8, 4) is 0 Å². The summed E-state index contributed by atoms with van der Waals surface area (Å²) in [6.07, 6.45) is 3.19. The third-order valence-electron chi connectivity index (χ3n) is 0.688. The fraction of sp³-hybridized carbons (Fsp3) is 0.333. The van der Waals surface area contributed by atoms with Crippen LogP contribution in [0, 0.1) is 0 Å². The Bertz CT molecular complexity index is 140. The molecule has 0 aliphatic heterocycles. The molecule has 11 heavy (non-hydrogen) atoms. The van der Waals surface area contributed by atoms with E-state index in [4.69, 9.17) is 15.3 Å². The molecule has 0 saturated heterocycles. The molecule has 0 heterocycles. The third-order valence-corrected chi connectivity index (χ3v) is 0.688. The van der Waals surface area contributed by atoms with Crippen LogP contribution in [0.1, 0.15) is 0 Å². The number of rotatable bonds is 5. The first-order chi connectivity index (χ1) is 5.31. The highest BCUT2D eigenvalue weighted by atomic mass is 16.6. The minimum absolute atomic E-state index is 0.215. The van der Waals surface area contributed by atoms with E-state index in [-0.39, 0.29) is 5.76 Å². The molecule has 0 unspecified atom stereocenters. The molecular weight excluding hydrogens is 152 g/mol. The van der Waals surface area contributed by atoms with E-state index in [0.29, 0.717) is 0 Å². The Morgan fingerprint density at radius 1 is 1.18 bits per heavy atom. The molecule has 5 heteroatoms. The van der Waals surface area contributed by atoms with Gasteiger partial charge in [0.25, 0.3) is 0 Å². The third kappa shape index (κ3) is 6.69. The summed E-state index contributed by atoms with van der Waals surface area (Å²) in [5, 5.41) is 25.0. The first-order valence-electron chi connectivity index (χ1n) is 2.82. The normalized spacial score (nSPS) is 12.0. The van der Waals surface area contributed by atoms with Crippen LogP contribution in [0.2, 0.25) is 0 Å². The van der Waals surface area contributed by atoms with Crippen molar-refractivity contribution in [2.75, 3.05) is 13.6 Å². The second-order valence-electron chi connectivity index (χ2n) is 1.44. The topological polar surface area (TPSA) is 79.2 Å². The maximum atomic E-state index is 8.78. The molecule has 0 radical (unpaired) electrons. The van der Waals surface area contributed by atoms with Gasteiger partial charge in [0.2, 0.25) is 0 Å². The molecule has 0 fully saturated rings. The van der Waals surface area contributed by atoms with E-state index in [9.17, 15) is 0 Å². The number of hydrogen-bond donors (Lipinski definition) is 3. The van der Waals surface area contributed by atoms with Crippen molar-refractivity contribution in [3.63, 3.8) is 0 Å². The summed E-state index contributed by atoms with van der Waals surface area (Å²) in [5.41, 5.74) is 0. The van der Waals surface area contributed by atoms with Crippen LogP contribution in [0.4, 0.5) is 0 Å². The lowest BCUT2D eigenvalue weighted by molar-refractivity contribution is 0.0541. The Morgan fingerprint density at radius 3 is 2.36 bits per heavy atom. The molecule has 0 saturated carbocycles. The SMILES string of the molecule is OCOC=CC(O)=COCO. The summed E-state index contributed by atoms with van der Waals surface area (Å²) in [6.45, 7) is -0.955. The van der Waals surface area contributed by atoms with Gasteiger partial charge in [-0.3, -0.25) is 0 Å². The molecular formula is C6H10O5. The zero-order valence-electron chi connectivity index (χ0n) is 5.80. The molecule has 0 atom stereocenters. The Kier molecular flexibility index (Phi) is 6.16. The largest absolute Gasteiger partial charge is 0.505 e. The van der Waals surface area contributed by atoms with Gasteiger partial charge in [-0.25, -0.2) is 0 Å². The second kappa shape index (κ2) is 6.91. The van der Waals surface area contributed by atoms with E-state index in [1.54, 1.807) is 0 Å². The van der Waals surface area contributed by atoms with Gasteiger partial charge in [0, 0.05) is 6.08 Å². The van der Waals surface area contributed by atoms with Gasteiger partial charge in [0.1, 0.15) is 6.26 Å². The summed E-state index contributed by atoms with van der Waals surface area (Å²) in [5.74, 6) is -0.215. The van der Waals surface area contributed by atoms with Crippen molar-refractivity contribution in [3.05, 3.63) is 24.4 Å². The van der Waals surface area contributed by atoms with Crippen molar-refractivity contribution in [1.29, 1.82) is 0 Å². The molecule has 5 nitrogen and oxygen atoms in total. The lowest BCUT2D eigenvalue weighted by Gasteiger charge is -1.94. The molecule has 0 rings (SSSR count). The molecule has 0 aromatic rings. The van der Waals surface area contributed by atoms with Crippen molar-refractivity contribution in [1.82, 2.24) is 0 Å². The Morgan fingerprint density at radius 2 is 1.82 bits per heavy atom. The Hall–Kier alpha value is -1.20. The first kappa shape index (κ1) is 9.80. The van der Waals surface area contributed by atoms with E-state index in [1.165, 1.54) is 0 Å². The molecule has 0 aliphatic carbocycles. The van der Waals surface area contributed by atoms with Crippen LogP contribution in [-0.2, 0) is 9.47 Å². The van der Waals surface area contributed by atoms with E-state index in [1.807, 2.05) is 0 Å². The molecule has 0 bridgehead atoms. The van der Waals surface area contributed by atoms with Gasteiger partial charge < -0.3 is 24.8 Å². The van der Waals surface area contributed by atoms with Crippen molar-refractivity contribution < 1.29 is 24.8 Å². The molecule has 0 aromatic heterocycles. The number of ether oxygens (including phenoxy) is 2. The minimum Gasteiger partial charge on any atom is -0.505 e. The lowest BCUT2D eigenvalue weighted by Crippen LogP contribution is -1.86. The zero-order chi connectivity index (χ0) is 8.53. The molecule has 3 N–H and O–H groups in total. The summed E-state index contributed by atoms with van der Waals surface area (Å²) < 4.78 is 8.64. The van der Waals surface area contributed by atoms with Crippen LogP contribution < -0.4 is 0 Å². The fourth-order valence-corrected chi connectivity index (χ4v) is 0.323.